The van der Waals surface area contributed by atoms with Gasteiger partial charge >= 0.3 is 0 Å². The molecule has 1 aliphatic carbocycles. The smallest absolute Gasteiger partial charge is 0.244 e. The van der Waals surface area contributed by atoms with Gasteiger partial charge in [0.2, 0.25) is 10.0 Å². The average molecular weight is 329 g/mol. The van der Waals surface area contributed by atoms with E-state index >= 15 is 0 Å². The van der Waals surface area contributed by atoms with Crippen LogP contribution in [0.2, 0.25) is 5.02 Å². The molecule has 1 saturated carbocycles. The molecule has 1 aromatic carbocycles. The van der Waals surface area contributed by atoms with Gasteiger partial charge in [-0.15, -0.1) is 0 Å². The van der Waals surface area contributed by atoms with Crippen LogP contribution >= 0.6 is 11.6 Å². The van der Waals surface area contributed by atoms with Gasteiger partial charge in [-0.1, -0.05) is 30.9 Å². The lowest BCUT2D eigenvalue weighted by Gasteiger charge is -2.40. The fourth-order valence-electron chi connectivity index (χ4n) is 3.64. The molecule has 0 aromatic heterocycles. The van der Waals surface area contributed by atoms with Gasteiger partial charge in [0.1, 0.15) is 4.90 Å². The first-order valence-electron chi connectivity index (χ1n) is 7.53. The van der Waals surface area contributed by atoms with Crippen molar-refractivity contribution in [1.82, 2.24) is 4.31 Å². The number of hydrogen-bond acceptors (Lipinski definition) is 3. The highest BCUT2D eigenvalue weighted by Gasteiger charge is 2.37. The van der Waals surface area contributed by atoms with Crippen molar-refractivity contribution in [3.05, 3.63) is 23.2 Å². The van der Waals surface area contributed by atoms with E-state index in [9.17, 15) is 8.42 Å². The molecule has 0 bridgehead atoms. The van der Waals surface area contributed by atoms with Gasteiger partial charge in [-0.2, -0.15) is 4.31 Å². The number of sulfonamides is 1. The lowest BCUT2D eigenvalue weighted by Crippen LogP contribution is -2.44. The van der Waals surface area contributed by atoms with Crippen LogP contribution in [0.4, 0.5) is 5.69 Å². The minimum Gasteiger partial charge on any atom is -0.399 e. The van der Waals surface area contributed by atoms with Gasteiger partial charge in [0.05, 0.1) is 5.02 Å². The Morgan fingerprint density at radius 2 is 1.86 bits per heavy atom. The van der Waals surface area contributed by atoms with Crippen molar-refractivity contribution in [3.8, 4) is 0 Å². The minimum atomic E-state index is -3.54. The van der Waals surface area contributed by atoms with Crippen LogP contribution in [0.15, 0.2) is 23.1 Å². The Hall–Kier alpha value is -0.780. The zero-order valence-electron chi connectivity index (χ0n) is 12.0. The highest BCUT2D eigenvalue weighted by Crippen LogP contribution is 2.38. The van der Waals surface area contributed by atoms with Crippen molar-refractivity contribution in [3.63, 3.8) is 0 Å². The number of rotatable bonds is 2. The van der Waals surface area contributed by atoms with Gasteiger partial charge in [0, 0.05) is 18.8 Å². The number of nitrogens with two attached hydrogens (primary N) is 1. The van der Waals surface area contributed by atoms with Gasteiger partial charge < -0.3 is 5.73 Å². The van der Waals surface area contributed by atoms with Crippen molar-refractivity contribution in [2.75, 3.05) is 18.8 Å². The van der Waals surface area contributed by atoms with Crippen LogP contribution in [-0.4, -0.2) is 25.8 Å². The molecule has 2 N–H and O–H groups in total. The summed E-state index contributed by atoms with van der Waals surface area (Å²) in [5.41, 5.74) is 6.14. The lowest BCUT2D eigenvalue weighted by molar-refractivity contribution is 0.136. The standard InChI is InChI=1S/C15H21ClN2O2S/c16-14-6-5-13(17)9-15(14)21(19,20)18-8-7-11-3-1-2-4-12(11)10-18/h5-6,9,11-12H,1-4,7-8,10,17H2. The van der Waals surface area contributed by atoms with E-state index in [4.69, 9.17) is 17.3 Å². The van der Waals surface area contributed by atoms with E-state index in [-0.39, 0.29) is 9.92 Å². The number of nitrogen functional groups attached to an aromatic ring is 1. The molecule has 6 heteroatoms. The molecule has 3 rings (SSSR count). The number of benzene rings is 1. The molecule has 2 unspecified atom stereocenters. The van der Waals surface area contributed by atoms with Gasteiger partial charge in [-0.3, -0.25) is 0 Å². The number of fused-ring (bicyclic) bond motifs is 1. The molecule has 1 aromatic rings. The molecule has 4 nitrogen and oxygen atoms in total. The van der Waals surface area contributed by atoms with Crippen LogP contribution in [0.1, 0.15) is 32.1 Å². The van der Waals surface area contributed by atoms with Crippen molar-refractivity contribution in [2.24, 2.45) is 11.8 Å². The van der Waals surface area contributed by atoms with E-state index in [1.807, 2.05) is 0 Å². The van der Waals surface area contributed by atoms with E-state index in [1.165, 1.54) is 25.3 Å². The summed E-state index contributed by atoms with van der Waals surface area (Å²) in [4.78, 5) is 0.137. The maximum absolute atomic E-state index is 12.8. The summed E-state index contributed by atoms with van der Waals surface area (Å²) in [5.74, 6) is 1.20. The average Bonchev–Trinajstić information content (AvgIpc) is 2.49. The van der Waals surface area contributed by atoms with Crippen molar-refractivity contribution < 1.29 is 8.42 Å². The molecule has 1 heterocycles. The minimum absolute atomic E-state index is 0.137. The number of nitrogens with zero attached hydrogens (tertiary/aromatic N) is 1. The van der Waals surface area contributed by atoms with Gasteiger partial charge in [-0.25, -0.2) is 8.42 Å². The van der Waals surface area contributed by atoms with Crippen molar-refractivity contribution >= 4 is 27.3 Å². The number of halogens is 1. The molecule has 0 radical (unpaired) electrons. The monoisotopic (exact) mass is 328 g/mol. The molecular weight excluding hydrogens is 308 g/mol. The summed E-state index contributed by atoms with van der Waals surface area (Å²) < 4.78 is 27.2. The molecule has 2 aliphatic rings. The SMILES string of the molecule is Nc1ccc(Cl)c(S(=O)(=O)N2CCC3CCCCC3C2)c1. The van der Waals surface area contributed by atoms with Gasteiger partial charge in [-0.05, 0) is 42.9 Å². The summed E-state index contributed by atoms with van der Waals surface area (Å²) in [6.45, 7) is 1.22. The molecule has 1 saturated heterocycles. The second kappa shape index (κ2) is 5.78. The topological polar surface area (TPSA) is 63.4 Å². The zero-order valence-corrected chi connectivity index (χ0v) is 13.5. The Morgan fingerprint density at radius 1 is 1.14 bits per heavy atom. The maximum Gasteiger partial charge on any atom is 0.244 e. The van der Waals surface area contributed by atoms with Crippen LogP contribution in [0, 0.1) is 11.8 Å². The normalized spacial score (nSPS) is 27.3. The van der Waals surface area contributed by atoms with E-state index in [1.54, 1.807) is 16.4 Å². The van der Waals surface area contributed by atoms with Crippen molar-refractivity contribution in [2.45, 2.75) is 37.0 Å². The maximum atomic E-state index is 12.8. The summed E-state index contributed by atoms with van der Waals surface area (Å²) in [6, 6.07) is 4.64. The van der Waals surface area contributed by atoms with Gasteiger partial charge in [0.25, 0.3) is 0 Å². The van der Waals surface area contributed by atoms with Crippen LogP contribution in [-0.2, 0) is 10.0 Å². The van der Waals surface area contributed by atoms with Crippen LogP contribution < -0.4 is 5.73 Å². The molecule has 2 fully saturated rings. The first-order chi connectivity index (χ1) is 9.98. The largest absolute Gasteiger partial charge is 0.399 e. The van der Waals surface area contributed by atoms with E-state index in [0.29, 0.717) is 30.6 Å². The Labute approximate surface area is 131 Å². The molecule has 0 amide bonds. The number of piperidine rings is 1. The Bertz CT molecular complexity index is 633. The molecule has 1 aliphatic heterocycles. The fraction of sp³-hybridized carbons (Fsp3) is 0.600. The van der Waals surface area contributed by atoms with E-state index < -0.39 is 10.0 Å². The van der Waals surface area contributed by atoms with Crippen LogP contribution in [0.5, 0.6) is 0 Å². The van der Waals surface area contributed by atoms with E-state index in [0.717, 1.165) is 12.8 Å². The quantitative estimate of drug-likeness (QED) is 0.848. The van der Waals surface area contributed by atoms with Crippen LogP contribution in [0.3, 0.4) is 0 Å². The highest BCUT2D eigenvalue weighted by molar-refractivity contribution is 7.89. The molecule has 21 heavy (non-hydrogen) atoms. The summed E-state index contributed by atoms with van der Waals surface area (Å²) in [5, 5.41) is 0.245. The Morgan fingerprint density at radius 3 is 2.62 bits per heavy atom. The fourth-order valence-corrected chi connectivity index (χ4v) is 5.66. The summed E-state index contributed by atoms with van der Waals surface area (Å²) >= 11 is 6.08. The summed E-state index contributed by atoms with van der Waals surface area (Å²) in [6.07, 6.45) is 5.85. The third kappa shape index (κ3) is 2.91. The third-order valence-electron chi connectivity index (χ3n) is 4.83. The Kier molecular flexibility index (Phi) is 4.17. The second-order valence-corrected chi connectivity index (χ2v) is 8.46. The molecule has 0 spiro atoms. The summed E-state index contributed by atoms with van der Waals surface area (Å²) in [7, 11) is -3.54. The third-order valence-corrected chi connectivity index (χ3v) is 7.17. The zero-order chi connectivity index (χ0) is 15.0. The van der Waals surface area contributed by atoms with Crippen LogP contribution in [0.25, 0.3) is 0 Å². The number of anilines is 1. The predicted molar refractivity (Wildman–Crippen MR) is 84.7 cm³/mol. The first kappa shape index (κ1) is 15.1. The first-order valence-corrected chi connectivity index (χ1v) is 9.35. The van der Waals surface area contributed by atoms with Crippen molar-refractivity contribution in [1.29, 1.82) is 0 Å². The predicted octanol–water partition coefficient (Wildman–Crippen LogP) is 3.12. The Balaban J connectivity index is 1.86. The second-order valence-electron chi connectivity index (χ2n) is 6.15. The molecule has 116 valence electrons. The lowest BCUT2D eigenvalue weighted by atomic mass is 9.76. The van der Waals surface area contributed by atoms with E-state index in [2.05, 4.69) is 0 Å². The molecule has 2 atom stereocenters. The van der Waals surface area contributed by atoms with Gasteiger partial charge in [0.15, 0.2) is 0 Å². The molecular formula is C15H21ClN2O2S. The number of hydrogen-bond donors (Lipinski definition) is 1. The highest BCUT2D eigenvalue weighted by atomic mass is 35.5.